The molecule has 5 rings (SSSR count). The fourth-order valence-electron chi connectivity index (χ4n) is 4.45. The zero-order valence-electron chi connectivity index (χ0n) is 20.8. The van der Waals surface area contributed by atoms with Crippen molar-refractivity contribution in [3.05, 3.63) is 64.6 Å². The van der Waals surface area contributed by atoms with E-state index >= 15 is 0 Å². The van der Waals surface area contributed by atoms with Crippen LogP contribution in [0.1, 0.15) is 41.8 Å². The average Bonchev–Trinajstić information content (AvgIpc) is 3.39. The molecule has 202 valence electrons. The summed E-state index contributed by atoms with van der Waals surface area (Å²) in [5.41, 5.74) is 2.17. The summed E-state index contributed by atoms with van der Waals surface area (Å²) in [7, 11) is 0. The van der Waals surface area contributed by atoms with E-state index in [1.807, 2.05) is 0 Å². The lowest BCUT2D eigenvalue weighted by Gasteiger charge is -2.32. The molecule has 0 bridgehead atoms. The Hall–Kier alpha value is -4.13. The van der Waals surface area contributed by atoms with E-state index in [1.54, 1.807) is 43.0 Å². The molecule has 0 radical (unpaired) electrons. The third kappa shape index (κ3) is 5.67. The van der Waals surface area contributed by atoms with Crippen LogP contribution >= 0.6 is 11.6 Å². The van der Waals surface area contributed by atoms with Crippen molar-refractivity contribution < 1.29 is 22.4 Å². The summed E-state index contributed by atoms with van der Waals surface area (Å²) in [5, 5.41) is 11.3. The van der Waals surface area contributed by atoms with Crippen LogP contribution in [-0.2, 0) is 6.18 Å². The van der Waals surface area contributed by atoms with Gasteiger partial charge in [-0.05, 0) is 44.9 Å². The molecule has 0 atom stereocenters. The Kier molecular flexibility index (Phi) is 7.17. The number of amides is 2. The van der Waals surface area contributed by atoms with Gasteiger partial charge in [0.2, 0.25) is 5.82 Å². The first-order valence-electron chi connectivity index (χ1n) is 12.0. The Morgan fingerprint density at radius 3 is 2.49 bits per heavy atom. The van der Waals surface area contributed by atoms with Crippen LogP contribution in [0.15, 0.2) is 40.9 Å². The Morgan fingerprint density at radius 2 is 1.77 bits per heavy atom. The van der Waals surface area contributed by atoms with Crippen molar-refractivity contribution in [1.29, 1.82) is 0 Å². The van der Waals surface area contributed by atoms with Gasteiger partial charge in [-0.25, -0.2) is 24.7 Å². The second-order valence-electron chi connectivity index (χ2n) is 8.96. The number of alkyl halides is 3. The first-order valence-corrected chi connectivity index (χ1v) is 12.4. The van der Waals surface area contributed by atoms with Crippen LogP contribution in [0.2, 0.25) is 5.02 Å². The maximum atomic E-state index is 13.1. The summed E-state index contributed by atoms with van der Waals surface area (Å²) in [5.74, 6) is -0.912. The molecule has 39 heavy (non-hydrogen) atoms. The molecule has 3 aromatic heterocycles. The second kappa shape index (κ2) is 10.6. The average molecular weight is 559 g/mol. The number of carbonyl (C=O) groups is 1. The fraction of sp³-hybridized carbons (Fsp3) is 0.320. The van der Waals surface area contributed by atoms with Gasteiger partial charge in [-0.1, -0.05) is 23.7 Å². The zero-order chi connectivity index (χ0) is 27.7. The number of nitrogens with one attached hydrogen (secondary N) is 1. The van der Waals surface area contributed by atoms with E-state index in [0.29, 0.717) is 59.4 Å². The molecule has 0 saturated carbocycles. The molecular formula is C25H22ClF3N8O2. The molecule has 14 heteroatoms. The number of hydrogen-bond acceptors (Lipinski definition) is 8. The first-order chi connectivity index (χ1) is 18.6. The van der Waals surface area contributed by atoms with Crippen molar-refractivity contribution in [2.24, 2.45) is 0 Å². The van der Waals surface area contributed by atoms with Crippen LogP contribution in [-0.4, -0.2) is 54.2 Å². The van der Waals surface area contributed by atoms with E-state index < -0.39 is 12.0 Å². The molecule has 1 aliphatic heterocycles. The van der Waals surface area contributed by atoms with Gasteiger partial charge in [0.25, 0.3) is 11.8 Å². The summed E-state index contributed by atoms with van der Waals surface area (Å²) in [6.45, 7) is 4.48. The highest BCUT2D eigenvalue weighted by Gasteiger charge is 2.35. The quantitative estimate of drug-likeness (QED) is 0.339. The van der Waals surface area contributed by atoms with Crippen LogP contribution in [0, 0.1) is 13.8 Å². The summed E-state index contributed by atoms with van der Waals surface area (Å²) < 4.78 is 45.0. The largest absolute Gasteiger partial charge is 0.451 e. The predicted octanol–water partition coefficient (Wildman–Crippen LogP) is 5.68. The van der Waals surface area contributed by atoms with Crippen LogP contribution in [0.5, 0.6) is 0 Å². The monoisotopic (exact) mass is 558 g/mol. The molecular weight excluding hydrogens is 537 g/mol. The van der Waals surface area contributed by atoms with Crippen molar-refractivity contribution in [1.82, 2.24) is 35.0 Å². The number of para-hydroxylation sites is 1. The lowest BCUT2D eigenvalue weighted by Crippen LogP contribution is -2.40. The van der Waals surface area contributed by atoms with E-state index in [4.69, 9.17) is 16.0 Å². The fourth-order valence-corrected chi connectivity index (χ4v) is 4.64. The van der Waals surface area contributed by atoms with Crippen molar-refractivity contribution in [3.8, 4) is 23.0 Å². The van der Waals surface area contributed by atoms with Crippen molar-refractivity contribution >= 4 is 23.3 Å². The van der Waals surface area contributed by atoms with E-state index in [0.717, 1.165) is 6.20 Å². The molecule has 1 N–H and O–H groups in total. The molecule has 1 aromatic carbocycles. The third-order valence-corrected chi connectivity index (χ3v) is 6.61. The number of aromatic nitrogens is 6. The SMILES string of the molecule is Cc1nc(C)c(-c2nnc(-c3ccnc(C(F)(F)F)n3)o2)c(C2CCN(C(=O)Nc3ccccc3Cl)CC2)n1. The first kappa shape index (κ1) is 26.5. The highest BCUT2D eigenvalue weighted by Crippen LogP contribution is 2.36. The van der Waals surface area contributed by atoms with E-state index in [1.165, 1.54) is 6.07 Å². The highest BCUT2D eigenvalue weighted by atomic mass is 35.5. The zero-order valence-corrected chi connectivity index (χ0v) is 21.6. The number of piperidine rings is 1. The van der Waals surface area contributed by atoms with Crippen LogP contribution in [0.25, 0.3) is 23.0 Å². The number of hydrogen-bond donors (Lipinski definition) is 1. The summed E-state index contributed by atoms with van der Waals surface area (Å²) in [6.07, 6.45) is -2.51. The van der Waals surface area contributed by atoms with Crippen molar-refractivity contribution in [3.63, 3.8) is 0 Å². The van der Waals surface area contributed by atoms with Crippen LogP contribution in [0.3, 0.4) is 0 Å². The van der Waals surface area contributed by atoms with E-state index in [-0.39, 0.29) is 29.4 Å². The Balaban J connectivity index is 1.37. The number of benzene rings is 1. The number of aryl methyl sites for hydroxylation is 2. The molecule has 10 nitrogen and oxygen atoms in total. The third-order valence-electron chi connectivity index (χ3n) is 6.28. The lowest BCUT2D eigenvalue weighted by molar-refractivity contribution is -0.144. The van der Waals surface area contributed by atoms with Crippen molar-refractivity contribution in [2.75, 3.05) is 18.4 Å². The molecule has 0 aliphatic carbocycles. The minimum atomic E-state index is -4.72. The number of halogens is 4. The predicted molar refractivity (Wildman–Crippen MR) is 135 cm³/mol. The normalized spacial score (nSPS) is 14.5. The Morgan fingerprint density at radius 1 is 1.05 bits per heavy atom. The van der Waals surface area contributed by atoms with Gasteiger partial charge in [-0.3, -0.25) is 0 Å². The summed E-state index contributed by atoms with van der Waals surface area (Å²) >= 11 is 6.16. The molecule has 1 saturated heterocycles. The van der Waals surface area contributed by atoms with Crippen LogP contribution < -0.4 is 5.32 Å². The molecule has 1 aliphatic rings. The van der Waals surface area contributed by atoms with Gasteiger partial charge in [0.05, 0.1) is 27.7 Å². The molecule has 1 fully saturated rings. The maximum Gasteiger partial charge on any atom is 0.451 e. The Labute approximate surface area is 225 Å². The number of likely N-dealkylation sites (tertiary alicyclic amines) is 1. The standard InChI is InChI=1S/C25H22ClF3N8O2/c1-13-19(22-36-35-21(39-22)18-7-10-30-23(33-18)25(27,28)29)20(32-14(2)31-13)15-8-11-37(12-9-15)24(38)34-17-6-4-3-5-16(17)26/h3-7,10,15H,8-9,11-12H2,1-2H3,(H,34,38). The topological polar surface area (TPSA) is 123 Å². The molecule has 4 aromatic rings. The van der Waals surface area contributed by atoms with Gasteiger partial charge in [0.1, 0.15) is 11.5 Å². The lowest BCUT2D eigenvalue weighted by atomic mass is 9.90. The molecule has 2 amide bonds. The minimum Gasteiger partial charge on any atom is -0.414 e. The van der Waals surface area contributed by atoms with Gasteiger partial charge in [0.15, 0.2) is 0 Å². The van der Waals surface area contributed by atoms with Gasteiger partial charge >= 0.3 is 12.2 Å². The van der Waals surface area contributed by atoms with Crippen LogP contribution in [0.4, 0.5) is 23.7 Å². The Bertz CT molecular complexity index is 1520. The van der Waals surface area contributed by atoms with Gasteiger partial charge in [0, 0.05) is 25.2 Å². The molecule has 0 unspecified atom stereocenters. The molecule has 4 heterocycles. The van der Waals surface area contributed by atoms with E-state index in [2.05, 4.69) is 35.5 Å². The summed E-state index contributed by atoms with van der Waals surface area (Å²) in [6, 6.07) is 8.02. The van der Waals surface area contributed by atoms with Gasteiger partial charge in [-0.2, -0.15) is 13.2 Å². The van der Waals surface area contributed by atoms with Gasteiger partial charge in [-0.15, -0.1) is 10.2 Å². The van der Waals surface area contributed by atoms with Crippen molar-refractivity contribution in [2.45, 2.75) is 38.8 Å². The molecule has 0 spiro atoms. The number of urea groups is 1. The second-order valence-corrected chi connectivity index (χ2v) is 9.37. The number of anilines is 1. The number of rotatable bonds is 4. The van der Waals surface area contributed by atoms with Gasteiger partial charge < -0.3 is 14.6 Å². The number of carbonyl (C=O) groups excluding carboxylic acids is 1. The summed E-state index contributed by atoms with van der Waals surface area (Å²) in [4.78, 5) is 30.4. The highest BCUT2D eigenvalue weighted by molar-refractivity contribution is 6.33. The van der Waals surface area contributed by atoms with E-state index in [9.17, 15) is 18.0 Å². The smallest absolute Gasteiger partial charge is 0.414 e. The maximum absolute atomic E-state index is 13.1. The minimum absolute atomic E-state index is 0.0454. The number of nitrogens with zero attached hydrogens (tertiary/aromatic N) is 7.